The molecule has 0 aliphatic heterocycles. The van der Waals surface area contributed by atoms with Gasteiger partial charge in [-0.1, -0.05) is 35.3 Å². The van der Waals surface area contributed by atoms with Crippen molar-refractivity contribution in [1.29, 1.82) is 0 Å². The summed E-state index contributed by atoms with van der Waals surface area (Å²) in [5, 5.41) is 7.58. The fraction of sp³-hybridized carbons (Fsp3) is 0.333. The zero-order valence-electron chi connectivity index (χ0n) is 5.99. The van der Waals surface area contributed by atoms with E-state index in [0.717, 1.165) is 15.7 Å². The highest BCUT2D eigenvalue weighted by atomic mass is 32.2. The van der Waals surface area contributed by atoms with Gasteiger partial charge in [-0.3, -0.25) is 0 Å². The lowest BCUT2D eigenvalue weighted by atomic mass is 10.4. The Kier molecular flexibility index (Phi) is 3.55. The van der Waals surface area contributed by atoms with Gasteiger partial charge in [-0.15, -0.1) is 10.2 Å². The topological polar surface area (TPSA) is 51.8 Å². The number of thioether (sulfide) groups is 1. The van der Waals surface area contributed by atoms with Gasteiger partial charge < -0.3 is 5.73 Å². The normalized spacial score (nSPS) is 9.91. The van der Waals surface area contributed by atoms with E-state index in [4.69, 9.17) is 5.73 Å². The molecule has 0 aromatic carbocycles. The fourth-order valence-corrected chi connectivity index (χ4v) is 1.86. The number of hydrogen-bond donors (Lipinski definition) is 1. The van der Waals surface area contributed by atoms with E-state index in [1.807, 2.05) is 0 Å². The van der Waals surface area contributed by atoms with Crippen LogP contribution in [0.2, 0.25) is 0 Å². The van der Waals surface area contributed by atoms with Gasteiger partial charge in [0.1, 0.15) is 5.51 Å². The van der Waals surface area contributed by atoms with Crippen LogP contribution in [0.1, 0.15) is 0 Å². The van der Waals surface area contributed by atoms with Crippen molar-refractivity contribution in [3.63, 3.8) is 0 Å². The van der Waals surface area contributed by atoms with Crippen molar-refractivity contribution in [3.8, 4) is 0 Å². The molecule has 0 aliphatic rings. The van der Waals surface area contributed by atoms with Crippen molar-refractivity contribution in [2.24, 2.45) is 5.73 Å². The van der Waals surface area contributed by atoms with Crippen molar-refractivity contribution in [2.75, 3.05) is 12.3 Å². The van der Waals surface area contributed by atoms with E-state index in [-0.39, 0.29) is 0 Å². The summed E-state index contributed by atoms with van der Waals surface area (Å²) in [5.41, 5.74) is 8.11. The number of aromatic nitrogens is 2. The molecule has 0 amide bonds. The number of nitrogens with zero attached hydrogens (tertiary/aromatic N) is 2. The third-order valence-corrected chi connectivity index (χ3v) is 3.03. The highest BCUT2D eigenvalue weighted by molar-refractivity contribution is 8.01. The monoisotopic (exact) mass is 187 g/mol. The van der Waals surface area contributed by atoms with Crippen molar-refractivity contribution < 1.29 is 0 Å². The first-order chi connectivity index (χ1) is 5.33. The lowest BCUT2D eigenvalue weighted by Gasteiger charge is -1.97. The van der Waals surface area contributed by atoms with Crippen molar-refractivity contribution >= 4 is 23.1 Å². The van der Waals surface area contributed by atoms with Gasteiger partial charge in [-0.25, -0.2) is 0 Å². The van der Waals surface area contributed by atoms with E-state index in [2.05, 4.69) is 16.8 Å². The standard InChI is InChI=1S/C6H9N3S2/c1-5(2-7)3-10-6-9-8-4-11-6/h4H,1-3,7H2. The first kappa shape index (κ1) is 8.70. The zero-order valence-corrected chi connectivity index (χ0v) is 7.62. The van der Waals surface area contributed by atoms with E-state index in [1.165, 1.54) is 11.3 Å². The molecule has 1 heterocycles. The van der Waals surface area contributed by atoms with Crippen LogP contribution in [0.15, 0.2) is 22.0 Å². The average molecular weight is 187 g/mol. The second-order valence-corrected chi connectivity index (χ2v) is 4.00. The van der Waals surface area contributed by atoms with Crippen LogP contribution in [0.4, 0.5) is 0 Å². The lowest BCUT2D eigenvalue weighted by molar-refractivity contribution is 1.01. The van der Waals surface area contributed by atoms with Crippen LogP contribution in [-0.2, 0) is 0 Å². The maximum Gasteiger partial charge on any atom is 0.174 e. The maximum absolute atomic E-state index is 5.37. The Bertz CT molecular complexity index is 220. The van der Waals surface area contributed by atoms with Crippen LogP contribution < -0.4 is 5.73 Å². The molecular formula is C6H9N3S2. The minimum Gasteiger partial charge on any atom is -0.327 e. The van der Waals surface area contributed by atoms with Gasteiger partial charge in [-0.2, -0.15) is 0 Å². The second kappa shape index (κ2) is 4.48. The van der Waals surface area contributed by atoms with E-state index < -0.39 is 0 Å². The molecule has 0 bridgehead atoms. The van der Waals surface area contributed by atoms with Crippen LogP contribution in [0, 0.1) is 0 Å². The molecule has 0 saturated heterocycles. The molecule has 2 N–H and O–H groups in total. The first-order valence-electron chi connectivity index (χ1n) is 3.08. The maximum atomic E-state index is 5.37. The molecule has 0 unspecified atom stereocenters. The molecule has 0 aliphatic carbocycles. The molecule has 0 radical (unpaired) electrons. The molecule has 1 aromatic rings. The van der Waals surface area contributed by atoms with Gasteiger partial charge in [0.15, 0.2) is 4.34 Å². The van der Waals surface area contributed by atoms with Crippen molar-refractivity contribution in [2.45, 2.75) is 4.34 Å². The Labute approximate surface area is 73.7 Å². The number of nitrogens with two attached hydrogens (primary N) is 1. The third-order valence-electron chi connectivity index (χ3n) is 1.03. The molecule has 0 spiro atoms. The minimum absolute atomic E-state index is 0.547. The largest absolute Gasteiger partial charge is 0.327 e. The third kappa shape index (κ3) is 3.00. The van der Waals surface area contributed by atoms with Gasteiger partial charge in [0.05, 0.1) is 0 Å². The average Bonchev–Trinajstić information content (AvgIpc) is 2.52. The second-order valence-electron chi connectivity index (χ2n) is 1.95. The molecular weight excluding hydrogens is 178 g/mol. The highest BCUT2D eigenvalue weighted by Crippen LogP contribution is 2.20. The zero-order chi connectivity index (χ0) is 8.10. The van der Waals surface area contributed by atoms with Crippen LogP contribution in [0.3, 0.4) is 0 Å². The van der Waals surface area contributed by atoms with Gasteiger partial charge in [0.25, 0.3) is 0 Å². The summed E-state index contributed by atoms with van der Waals surface area (Å²) >= 11 is 3.16. The molecule has 1 rings (SSSR count). The van der Waals surface area contributed by atoms with Gasteiger partial charge in [0, 0.05) is 12.3 Å². The quantitative estimate of drug-likeness (QED) is 0.567. The Morgan fingerprint density at radius 3 is 3.18 bits per heavy atom. The molecule has 60 valence electrons. The smallest absolute Gasteiger partial charge is 0.174 e. The van der Waals surface area contributed by atoms with Crippen molar-refractivity contribution in [1.82, 2.24) is 10.2 Å². The predicted octanol–water partition coefficient (Wildman–Crippen LogP) is 1.15. The summed E-state index contributed by atoms with van der Waals surface area (Å²) in [7, 11) is 0. The molecule has 11 heavy (non-hydrogen) atoms. The summed E-state index contributed by atoms with van der Waals surface area (Å²) in [6.07, 6.45) is 0. The summed E-state index contributed by atoms with van der Waals surface area (Å²) in [4.78, 5) is 0. The van der Waals surface area contributed by atoms with Crippen LogP contribution >= 0.6 is 23.1 Å². The Balaban J connectivity index is 2.29. The predicted molar refractivity (Wildman–Crippen MR) is 48.8 cm³/mol. The molecule has 5 heteroatoms. The van der Waals surface area contributed by atoms with E-state index in [9.17, 15) is 0 Å². The van der Waals surface area contributed by atoms with Crippen LogP contribution in [-0.4, -0.2) is 22.5 Å². The van der Waals surface area contributed by atoms with Gasteiger partial charge >= 0.3 is 0 Å². The molecule has 3 nitrogen and oxygen atoms in total. The highest BCUT2D eigenvalue weighted by Gasteiger charge is 1.97. The fourth-order valence-electron chi connectivity index (χ4n) is 0.449. The Morgan fingerprint density at radius 2 is 2.64 bits per heavy atom. The number of hydrogen-bond acceptors (Lipinski definition) is 5. The summed E-state index contributed by atoms with van der Waals surface area (Å²) in [5.74, 6) is 0.839. The number of rotatable bonds is 4. The Hall–Kier alpha value is -0.390. The van der Waals surface area contributed by atoms with Crippen LogP contribution in [0.25, 0.3) is 0 Å². The molecule has 1 aromatic heterocycles. The summed E-state index contributed by atoms with van der Waals surface area (Å²) < 4.78 is 0.972. The Morgan fingerprint density at radius 1 is 1.82 bits per heavy atom. The summed E-state index contributed by atoms with van der Waals surface area (Å²) in [6.45, 7) is 4.33. The first-order valence-corrected chi connectivity index (χ1v) is 4.95. The van der Waals surface area contributed by atoms with Gasteiger partial charge in [-0.05, 0) is 0 Å². The summed E-state index contributed by atoms with van der Waals surface area (Å²) in [6, 6.07) is 0. The SMILES string of the molecule is C=C(CN)CSc1nncs1. The van der Waals surface area contributed by atoms with Crippen molar-refractivity contribution in [3.05, 3.63) is 17.7 Å². The molecule has 0 atom stereocenters. The van der Waals surface area contributed by atoms with Crippen LogP contribution in [0.5, 0.6) is 0 Å². The minimum atomic E-state index is 0.547. The van der Waals surface area contributed by atoms with E-state index >= 15 is 0 Å². The van der Waals surface area contributed by atoms with E-state index in [1.54, 1.807) is 17.3 Å². The molecule has 0 fully saturated rings. The van der Waals surface area contributed by atoms with E-state index in [0.29, 0.717) is 6.54 Å². The van der Waals surface area contributed by atoms with Gasteiger partial charge in [0.2, 0.25) is 0 Å². The lowest BCUT2D eigenvalue weighted by Crippen LogP contribution is -2.03. The molecule has 0 saturated carbocycles.